The smallest absolute Gasteiger partial charge is 0.228 e. The zero-order valence-electron chi connectivity index (χ0n) is 9.09. The summed E-state index contributed by atoms with van der Waals surface area (Å²) in [5.41, 5.74) is 2.40. The van der Waals surface area contributed by atoms with Gasteiger partial charge in [0.25, 0.3) is 0 Å². The largest absolute Gasteiger partial charge is 0.388 e. The highest BCUT2D eigenvalue weighted by atomic mass is 35.5. The van der Waals surface area contributed by atoms with Gasteiger partial charge in [0, 0.05) is 10.7 Å². The molecule has 1 aliphatic rings. The summed E-state index contributed by atoms with van der Waals surface area (Å²) in [6.07, 6.45) is 1.41. The average molecular weight is 240 g/mol. The van der Waals surface area contributed by atoms with E-state index in [4.69, 9.17) is 11.6 Å². The first kappa shape index (κ1) is 11.4. The predicted octanol–water partition coefficient (Wildman–Crippen LogP) is 2.67. The first-order valence-electron chi connectivity index (χ1n) is 5.42. The Morgan fingerprint density at radius 1 is 1.56 bits per heavy atom. The van der Waals surface area contributed by atoms with Crippen molar-refractivity contribution in [2.24, 2.45) is 0 Å². The van der Waals surface area contributed by atoms with E-state index in [9.17, 15) is 9.90 Å². The van der Waals surface area contributed by atoms with Crippen LogP contribution in [0.15, 0.2) is 12.1 Å². The van der Waals surface area contributed by atoms with Crippen LogP contribution in [0.25, 0.3) is 0 Å². The topological polar surface area (TPSA) is 49.3 Å². The fraction of sp³-hybridized carbons (Fsp3) is 0.417. The number of hydrogen-bond donors (Lipinski definition) is 2. The second-order valence-electron chi connectivity index (χ2n) is 4.06. The lowest BCUT2D eigenvalue weighted by atomic mass is 10.0. The SMILES string of the molecule is CCCC(O)c1cc2c(cc1Cl)NC(=O)C2. The number of anilines is 1. The standard InChI is InChI=1S/C12H14ClNO2/c1-2-3-11(15)8-4-7-5-12(16)14-10(7)6-9(8)13/h4,6,11,15H,2-3,5H2,1H3,(H,14,16). The number of amides is 1. The molecule has 1 amide bonds. The van der Waals surface area contributed by atoms with E-state index in [0.717, 1.165) is 23.2 Å². The number of carbonyl (C=O) groups excluding carboxylic acids is 1. The van der Waals surface area contributed by atoms with Crippen molar-refractivity contribution in [3.8, 4) is 0 Å². The van der Waals surface area contributed by atoms with Crippen molar-refractivity contribution < 1.29 is 9.90 Å². The lowest BCUT2D eigenvalue weighted by molar-refractivity contribution is -0.115. The lowest BCUT2D eigenvalue weighted by Crippen LogP contribution is -2.03. The maximum atomic E-state index is 11.2. The molecule has 0 spiro atoms. The zero-order chi connectivity index (χ0) is 11.7. The van der Waals surface area contributed by atoms with Crippen LogP contribution < -0.4 is 5.32 Å². The maximum Gasteiger partial charge on any atom is 0.228 e. The molecule has 86 valence electrons. The Hall–Kier alpha value is -1.06. The van der Waals surface area contributed by atoms with E-state index in [1.807, 2.05) is 13.0 Å². The normalized spacial score (nSPS) is 15.8. The molecule has 4 heteroatoms. The summed E-state index contributed by atoms with van der Waals surface area (Å²) in [6, 6.07) is 3.55. The zero-order valence-corrected chi connectivity index (χ0v) is 9.84. The van der Waals surface area contributed by atoms with E-state index < -0.39 is 6.10 Å². The fourth-order valence-electron chi connectivity index (χ4n) is 1.95. The van der Waals surface area contributed by atoms with Gasteiger partial charge in [-0.05, 0) is 29.7 Å². The van der Waals surface area contributed by atoms with Crippen molar-refractivity contribution in [3.63, 3.8) is 0 Å². The number of benzene rings is 1. The molecule has 1 aromatic rings. The summed E-state index contributed by atoms with van der Waals surface area (Å²) in [4.78, 5) is 11.2. The summed E-state index contributed by atoms with van der Waals surface area (Å²) in [5.74, 6) is -0.0202. The van der Waals surface area contributed by atoms with Crippen molar-refractivity contribution in [1.82, 2.24) is 0 Å². The molecule has 1 heterocycles. The van der Waals surface area contributed by atoms with Crippen LogP contribution in [-0.2, 0) is 11.2 Å². The van der Waals surface area contributed by atoms with Crippen molar-refractivity contribution in [3.05, 3.63) is 28.3 Å². The molecule has 0 bridgehead atoms. The molecule has 0 saturated carbocycles. The highest BCUT2D eigenvalue weighted by Gasteiger charge is 2.21. The van der Waals surface area contributed by atoms with Gasteiger partial charge in [0.1, 0.15) is 0 Å². The van der Waals surface area contributed by atoms with E-state index in [0.29, 0.717) is 17.9 Å². The Morgan fingerprint density at radius 2 is 2.31 bits per heavy atom. The third-order valence-electron chi connectivity index (χ3n) is 2.77. The number of nitrogens with one attached hydrogen (secondary N) is 1. The van der Waals surface area contributed by atoms with Gasteiger partial charge in [0.05, 0.1) is 12.5 Å². The molecule has 1 aromatic carbocycles. The van der Waals surface area contributed by atoms with Crippen LogP contribution in [0.3, 0.4) is 0 Å². The molecule has 0 saturated heterocycles. The number of fused-ring (bicyclic) bond motifs is 1. The molecule has 1 unspecified atom stereocenters. The van der Waals surface area contributed by atoms with E-state index in [1.54, 1.807) is 6.07 Å². The minimum atomic E-state index is -0.543. The van der Waals surface area contributed by atoms with E-state index in [2.05, 4.69) is 5.32 Å². The van der Waals surface area contributed by atoms with E-state index in [1.165, 1.54) is 0 Å². The van der Waals surface area contributed by atoms with Gasteiger partial charge in [-0.25, -0.2) is 0 Å². The Balaban J connectivity index is 2.34. The molecule has 1 atom stereocenters. The van der Waals surface area contributed by atoms with Crippen LogP contribution in [0.2, 0.25) is 5.02 Å². The summed E-state index contributed by atoms with van der Waals surface area (Å²) >= 11 is 6.07. The van der Waals surface area contributed by atoms with E-state index in [-0.39, 0.29) is 5.91 Å². The second-order valence-corrected chi connectivity index (χ2v) is 4.47. The van der Waals surface area contributed by atoms with E-state index >= 15 is 0 Å². The number of rotatable bonds is 3. The molecule has 0 radical (unpaired) electrons. The van der Waals surface area contributed by atoms with Gasteiger partial charge in [-0.15, -0.1) is 0 Å². The summed E-state index contributed by atoms with van der Waals surface area (Å²) < 4.78 is 0. The van der Waals surface area contributed by atoms with Gasteiger partial charge in [-0.1, -0.05) is 24.9 Å². The monoisotopic (exact) mass is 239 g/mol. The quantitative estimate of drug-likeness (QED) is 0.852. The highest BCUT2D eigenvalue weighted by molar-refractivity contribution is 6.32. The number of carbonyl (C=O) groups is 1. The molecule has 0 aromatic heterocycles. The number of aliphatic hydroxyl groups excluding tert-OH is 1. The lowest BCUT2D eigenvalue weighted by Gasteiger charge is -2.13. The van der Waals surface area contributed by atoms with Crippen molar-refractivity contribution in [1.29, 1.82) is 0 Å². The first-order valence-corrected chi connectivity index (χ1v) is 5.80. The third-order valence-corrected chi connectivity index (χ3v) is 3.10. The van der Waals surface area contributed by atoms with Gasteiger partial charge in [0.15, 0.2) is 0 Å². The predicted molar refractivity (Wildman–Crippen MR) is 63.7 cm³/mol. The van der Waals surface area contributed by atoms with Crippen LogP contribution in [0.4, 0.5) is 5.69 Å². The first-order chi connectivity index (χ1) is 7.61. The van der Waals surface area contributed by atoms with Gasteiger partial charge >= 0.3 is 0 Å². The van der Waals surface area contributed by atoms with Gasteiger partial charge in [0.2, 0.25) is 5.91 Å². The molecule has 16 heavy (non-hydrogen) atoms. The molecule has 0 fully saturated rings. The Kier molecular flexibility index (Phi) is 3.17. The number of aliphatic hydroxyl groups is 1. The highest BCUT2D eigenvalue weighted by Crippen LogP contribution is 2.34. The summed E-state index contributed by atoms with van der Waals surface area (Å²) in [5, 5.41) is 13.2. The van der Waals surface area contributed by atoms with Crippen molar-refractivity contribution >= 4 is 23.2 Å². The van der Waals surface area contributed by atoms with Crippen molar-refractivity contribution in [2.75, 3.05) is 5.32 Å². The molecule has 0 aliphatic carbocycles. The Labute approximate surface area is 99.4 Å². The fourth-order valence-corrected chi connectivity index (χ4v) is 2.24. The van der Waals surface area contributed by atoms with Crippen LogP contribution >= 0.6 is 11.6 Å². The average Bonchev–Trinajstić information content (AvgIpc) is 2.56. The second kappa shape index (κ2) is 4.44. The van der Waals surface area contributed by atoms with Crippen LogP contribution in [0.1, 0.15) is 37.0 Å². The van der Waals surface area contributed by atoms with Crippen LogP contribution in [0.5, 0.6) is 0 Å². The number of halogens is 1. The van der Waals surface area contributed by atoms with Gasteiger partial charge < -0.3 is 10.4 Å². The van der Waals surface area contributed by atoms with Crippen LogP contribution in [0, 0.1) is 0 Å². The molecule has 3 nitrogen and oxygen atoms in total. The minimum Gasteiger partial charge on any atom is -0.388 e. The van der Waals surface area contributed by atoms with Crippen LogP contribution in [-0.4, -0.2) is 11.0 Å². The molecule has 2 rings (SSSR count). The van der Waals surface area contributed by atoms with Crippen molar-refractivity contribution in [2.45, 2.75) is 32.3 Å². The maximum absolute atomic E-state index is 11.2. The number of hydrogen-bond acceptors (Lipinski definition) is 2. The summed E-state index contributed by atoms with van der Waals surface area (Å²) in [6.45, 7) is 2.01. The molecular formula is C12H14ClNO2. The van der Waals surface area contributed by atoms with Gasteiger partial charge in [-0.2, -0.15) is 0 Å². The van der Waals surface area contributed by atoms with Gasteiger partial charge in [-0.3, -0.25) is 4.79 Å². The Bertz CT molecular complexity index is 431. The molecular weight excluding hydrogens is 226 g/mol. The minimum absolute atomic E-state index is 0.0202. The third kappa shape index (κ3) is 2.06. The molecule has 2 N–H and O–H groups in total. The molecule has 1 aliphatic heterocycles. The Morgan fingerprint density at radius 3 is 3.00 bits per heavy atom. The summed E-state index contributed by atoms with van der Waals surface area (Å²) in [7, 11) is 0.